The Balaban J connectivity index is 1.79. The second kappa shape index (κ2) is 6.31. The lowest BCUT2D eigenvalue weighted by Crippen LogP contribution is -2.34. The van der Waals surface area contributed by atoms with Gasteiger partial charge in [0.1, 0.15) is 17.6 Å². The highest BCUT2D eigenvalue weighted by Gasteiger charge is 2.39. The smallest absolute Gasteiger partial charge is 0.256 e. The first-order valence-electron chi connectivity index (χ1n) is 7.53. The molecule has 1 heterocycles. The largest absolute Gasteiger partial charge is 0.497 e. The van der Waals surface area contributed by atoms with Crippen molar-refractivity contribution in [2.24, 2.45) is 0 Å². The molecule has 1 saturated heterocycles. The summed E-state index contributed by atoms with van der Waals surface area (Å²) in [5, 5.41) is 2.93. The predicted molar refractivity (Wildman–Crippen MR) is 88.7 cm³/mol. The summed E-state index contributed by atoms with van der Waals surface area (Å²) < 4.78 is 18.7. The molecule has 0 radical (unpaired) electrons. The molecule has 124 valence electrons. The van der Waals surface area contributed by atoms with Crippen molar-refractivity contribution >= 4 is 23.2 Å². The number of benzene rings is 2. The summed E-state index contributed by atoms with van der Waals surface area (Å²) in [5.41, 5.74) is 1.49. The maximum Gasteiger partial charge on any atom is 0.256 e. The van der Waals surface area contributed by atoms with Crippen LogP contribution in [-0.4, -0.2) is 25.0 Å². The minimum absolute atomic E-state index is 0.0281. The van der Waals surface area contributed by atoms with Gasteiger partial charge in [0.15, 0.2) is 0 Å². The number of hydrogen-bond donors (Lipinski definition) is 1. The molecule has 6 heteroatoms. The summed E-state index contributed by atoms with van der Waals surface area (Å²) >= 11 is 0. The van der Waals surface area contributed by atoms with Crippen LogP contribution in [0.2, 0.25) is 0 Å². The molecule has 0 aromatic heterocycles. The third-order valence-electron chi connectivity index (χ3n) is 3.99. The minimum Gasteiger partial charge on any atom is -0.497 e. The molecule has 0 bridgehead atoms. The van der Waals surface area contributed by atoms with Crippen LogP contribution in [-0.2, 0) is 9.59 Å². The van der Waals surface area contributed by atoms with Gasteiger partial charge < -0.3 is 10.1 Å². The van der Waals surface area contributed by atoms with Crippen LogP contribution in [0, 0.1) is 12.7 Å². The SMILES string of the molecule is COc1ccc(N2C(=O)C[C@H](Nc3ccc(C)c(F)c3)C2=O)cc1. The quantitative estimate of drug-likeness (QED) is 0.877. The highest BCUT2D eigenvalue weighted by molar-refractivity contribution is 6.23. The first kappa shape index (κ1) is 16.0. The van der Waals surface area contributed by atoms with Crippen LogP contribution in [0.3, 0.4) is 0 Å². The Morgan fingerprint density at radius 1 is 1.17 bits per heavy atom. The second-order valence-electron chi connectivity index (χ2n) is 5.63. The number of nitrogens with zero attached hydrogens (tertiary/aromatic N) is 1. The van der Waals surface area contributed by atoms with Gasteiger partial charge in [0, 0.05) is 5.69 Å². The summed E-state index contributed by atoms with van der Waals surface area (Å²) in [6, 6.07) is 10.6. The number of amides is 2. The molecule has 0 spiro atoms. The van der Waals surface area contributed by atoms with Crippen molar-refractivity contribution in [3.63, 3.8) is 0 Å². The van der Waals surface area contributed by atoms with Gasteiger partial charge in [0.25, 0.3) is 5.91 Å². The van der Waals surface area contributed by atoms with Crippen molar-refractivity contribution < 1.29 is 18.7 Å². The van der Waals surface area contributed by atoms with Gasteiger partial charge in [-0.15, -0.1) is 0 Å². The van der Waals surface area contributed by atoms with Gasteiger partial charge in [0.2, 0.25) is 5.91 Å². The Hall–Kier alpha value is -2.89. The number of carbonyl (C=O) groups excluding carboxylic acids is 2. The molecule has 1 N–H and O–H groups in total. The normalized spacial score (nSPS) is 17.3. The number of methoxy groups -OCH3 is 1. The third-order valence-corrected chi connectivity index (χ3v) is 3.99. The molecule has 0 saturated carbocycles. The van der Waals surface area contributed by atoms with Crippen molar-refractivity contribution in [2.45, 2.75) is 19.4 Å². The van der Waals surface area contributed by atoms with Crippen molar-refractivity contribution in [1.82, 2.24) is 0 Å². The van der Waals surface area contributed by atoms with Crippen LogP contribution in [0.15, 0.2) is 42.5 Å². The van der Waals surface area contributed by atoms with E-state index < -0.39 is 6.04 Å². The molecule has 5 nitrogen and oxygen atoms in total. The fourth-order valence-electron chi connectivity index (χ4n) is 2.63. The molecular formula is C18H17FN2O3. The van der Waals surface area contributed by atoms with Crippen LogP contribution in [0.25, 0.3) is 0 Å². The molecule has 1 aliphatic rings. The van der Waals surface area contributed by atoms with Crippen LogP contribution in [0.4, 0.5) is 15.8 Å². The van der Waals surface area contributed by atoms with E-state index in [-0.39, 0.29) is 24.1 Å². The van der Waals surface area contributed by atoms with Crippen molar-refractivity contribution in [2.75, 3.05) is 17.3 Å². The molecule has 1 fully saturated rings. The number of anilines is 2. The molecule has 3 rings (SSSR count). The van der Waals surface area contributed by atoms with Gasteiger partial charge in [-0.1, -0.05) is 6.07 Å². The lowest BCUT2D eigenvalue weighted by molar-refractivity contribution is -0.121. The summed E-state index contributed by atoms with van der Waals surface area (Å²) in [4.78, 5) is 25.9. The highest BCUT2D eigenvalue weighted by Crippen LogP contribution is 2.27. The summed E-state index contributed by atoms with van der Waals surface area (Å²) in [7, 11) is 1.54. The van der Waals surface area contributed by atoms with Crippen LogP contribution in [0.5, 0.6) is 5.75 Å². The first-order valence-corrected chi connectivity index (χ1v) is 7.53. The van der Waals surface area contributed by atoms with Crippen molar-refractivity contribution in [1.29, 1.82) is 0 Å². The van der Waals surface area contributed by atoms with E-state index in [4.69, 9.17) is 4.74 Å². The van der Waals surface area contributed by atoms with E-state index in [1.807, 2.05) is 0 Å². The lowest BCUT2D eigenvalue weighted by atomic mass is 10.2. The van der Waals surface area contributed by atoms with Gasteiger partial charge in [-0.3, -0.25) is 9.59 Å². The number of aryl methyl sites for hydroxylation is 1. The fourth-order valence-corrected chi connectivity index (χ4v) is 2.63. The van der Waals surface area contributed by atoms with Gasteiger partial charge >= 0.3 is 0 Å². The average molecular weight is 328 g/mol. The number of ether oxygens (including phenoxy) is 1. The van der Waals surface area contributed by atoms with E-state index in [2.05, 4.69) is 5.32 Å². The molecule has 2 aromatic carbocycles. The van der Waals surface area contributed by atoms with Gasteiger partial charge in [-0.25, -0.2) is 9.29 Å². The van der Waals surface area contributed by atoms with Gasteiger partial charge in [-0.05, 0) is 48.9 Å². The Labute approximate surface area is 139 Å². The van der Waals surface area contributed by atoms with E-state index in [1.165, 1.54) is 6.07 Å². The topological polar surface area (TPSA) is 58.6 Å². The van der Waals surface area contributed by atoms with E-state index >= 15 is 0 Å². The maximum atomic E-state index is 13.6. The Morgan fingerprint density at radius 2 is 1.88 bits per heavy atom. The lowest BCUT2D eigenvalue weighted by Gasteiger charge is -2.16. The van der Waals surface area contributed by atoms with Crippen molar-refractivity contribution in [3.05, 3.63) is 53.8 Å². The molecular weight excluding hydrogens is 311 g/mol. The summed E-state index contributed by atoms with van der Waals surface area (Å²) in [5.74, 6) is -0.368. The van der Waals surface area contributed by atoms with Crippen LogP contribution in [0.1, 0.15) is 12.0 Å². The number of nitrogens with one attached hydrogen (secondary N) is 1. The fraction of sp³-hybridized carbons (Fsp3) is 0.222. The highest BCUT2D eigenvalue weighted by atomic mass is 19.1. The molecule has 0 aliphatic carbocycles. The zero-order chi connectivity index (χ0) is 17.3. The number of hydrogen-bond acceptors (Lipinski definition) is 4. The number of imide groups is 1. The van der Waals surface area contributed by atoms with E-state index in [1.54, 1.807) is 50.4 Å². The van der Waals surface area contributed by atoms with E-state index in [0.29, 0.717) is 22.7 Å². The number of rotatable bonds is 4. The molecule has 1 aliphatic heterocycles. The Bertz CT molecular complexity index is 789. The Kier molecular flexibility index (Phi) is 4.20. The Morgan fingerprint density at radius 3 is 2.50 bits per heavy atom. The average Bonchev–Trinajstić information content (AvgIpc) is 2.85. The van der Waals surface area contributed by atoms with Gasteiger partial charge in [0.05, 0.1) is 19.2 Å². The molecule has 24 heavy (non-hydrogen) atoms. The summed E-state index contributed by atoms with van der Waals surface area (Å²) in [6.45, 7) is 1.66. The standard InChI is InChI=1S/C18H17FN2O3/c1-11-3-4-12(9-15(11)19)20-16-10-17(22)21(18(16)23)13-5-7-14(24-2)8-6-13/h3-9,16,20H,10H2,1-2H3/t16-/m0/s1. The first-order chi connectivity index (χ1) is 11.5. The van der Waals surface area contributed by atoms with E-state index in [9.17, 15) is 14.0 Å². The van der Waals surface area contributed by atoms with Gasteiger partial charge in [-0.2, -0.15) is 0 Å². The number of carbonyl (C=O) groups is 2. The molecule has 2 amide bonds. The molecule has 2 aromatic rings. The maximum absolute atomic E-state index is 13.6. The monoisotopic (exact) mass is 328 g/mol. The zero-order valence-electron chi connectivity index (χ0n) is 13.4. The molecule has 1 atom stereocenters. The predicted octanol–water partition coefficient (Wildman–Crippen LogP) is 2.89. The van der Waals surface area contributed by atoms with E-state index in [0.717, 1.165) is 4.90 Å². The van der Waals surface area contributed by atoms with Crippen LogP contribution < -0.4 is 15.0 Å². The van der Waals surface area contributed by atoms with Crippen LogP contribution >= 0.6 is 0 Å². The minimum atomic E-state index is -0.707. The third kappa shape index (κ3) is 2.95. The van der Waals surface area contributed by atoms with Crippen molar-refractivity contribution in [3.8, 4) is 5.75 Å². The number of halogens is 1. The second-order valence-corrected chi connectivity index (χ2v) is 5.63. The molecule has 0 unspecified atom stereocenters. The zero-order valence-corrected chi connectivity index (χ0v) is 13.4. The summed E-state index contributed by atoms with van der Waals surface area (Å²) in [6.07, 6.45) is 0.0281.